The quantitative estimate of drug-likeness (QED) is 0.881. The number of rotatable bonds is 5. The molecule has 0 aliphatic carbocycles. The van der Waals surface area contributed by atoms with Crippen LogP contribution < -0.4 is 10.1 Å². The van der Waals surface area contributed by atoms with Gasteiger partial charge in [-0.3, -0.25) is 4.79 Å². The molecule has 2 aromatic rings. The van der Waals surface area contributed by atoms with Crippen molar-refractivity contribution in [2.45, 2.75) is 6.10 Å². The topological polar surface area (TPSA) is 58.6 Å². The minimum absolute atomic E-state index is 0.172. The Bertz CT molecular complexity index is 522. The molecule has 0 saturated carbocycles. The second kappa shape index (κ2) is 6.36. The van der Waals surface area contributed by atoms with Gasteiger partial charge in [0.05, 0.1) is 13.2 Å². The lowest BCUT2D eigenvalue weighted by molar-refractivity contribution is 0.0916. The molecule has 0 saturated heterocycles. The molecule has 4 nitrogen and oxygen atoms in total. The molecule has 1 atom stereocenters. The van der Waals surface area contributed by atoms with Gasteiger partial charge in [-0.15, -0.1) is 0 Å². The van der Waals surface area contributed by atoms with Gasteiger partial charge in [0.15, 0.2) is 0 Å². The first-order chi connectivity index (χ1) is 9.20. The standard InChI is InChI=1S/C14H15NO3S/c1-18-12-4-2-10(3-5-12)13(16)8-15-14(17)11-6-7-19-9-11/h2-7,9,13,16H,8H2,1H3,(H,15,17). The zero-order valence-corrected chi connectivity index (χ0v) is 11.3. The van der Waals surface area contributed by atoms with Gasteiger partial charge in [-0.25, -0.2) is 0 Å². The smallest absolute Gasteiger partial charge is 0.252 e. The van der Waals surface area contributed by atoms with Gasteiger partial charge in [0.2, 0.25) is 0 Å². The minimum atomic E-state index is -0.728. The predicted octanol–water partition coefficient (Wildman–Crippen LogP) is 2.22. The van der Waals surface area contributed by atoms with Gasteiger partial charge in [-0.1, -0.05) is 12.1 Å². The van der Waals surface area contributed by atoms with Crippen molar-refractivity contribution in [1.82, 2.24) is 5.32 Å². The molecular weight excluding hydrogens is 262 g/mol. The van der Waals surface area contributed by atoms with Crippen LogP contribution in [-0.4, -0.2) is 24.7 Å². The Labute approximate surface area is 115 Å². The van der Waals surface area contributed by atoms with E-state index < -0.39 is 6.10 Å². The number of carbonyl (C=O) groups is 1. The van der Waals surface area contributed by atoms with Gasteiger partial charge in [0, 0.05) is 17.5 Å². The number of aliphatic hydroxyl groups is 1. The number of carbonyl (C=O) groups excluding carboxylic acids is 1. The Balaban J connectivity index is 1.90. The van der Waals surface area contributed by atoms with Gasteiger partial charge in [-0.2, -0.15) is 11.3 Å². The molecule has 0 bridgehead atoms. The van der Waals surface area contributed by atoms with Crippen molar-refractivity contribution >= 4 is 17.2 Å². The van der Waals surface area contributed by atoms with Crippen LogP contribution in [0.4, 0.5) is 0 Å². The summed E-state index contributed by atoms with van der Waals surface area (Å²) in [6, 6.07) is 8.86. The molecule has 0 radical (unpaired) electrons. The Morgan fingerprint density at radius 3 is 2.68 bits per heavy atom. The molecule has 2 rings (SSSR count). The molecule has 1 heterocycles. The summed E-state index contributed by atoms with van der Waals surface area (Å²) in [6.45, 7) is 0.182. The predicted molar refractivity (Wildman–Crippen MR) is 74.6 cm³/mol. The van der Waals surface area contributed by atoms with Crippen molar-refractivity contribution in [1.29, 1.82) is 0 Å². The average molecular weight is 277 g/mol. The van der Waals surface area contributed by atoms with E-state index in [9.17, 15) is 9.90 Å². The van der Waals surface area contributed by atoms with Gasteiger partial charge in [-0.05, 0) is 29.1 Å². The van der Waals surface area contributed by atoms with E-state index >= 15 is 0 Å². The van der Waals surface area contributed by atoms with Crippen LogP contribution in [0.2, 0.25) is 0 Å². The third-order valence-corrected chi connectivity index (χ3v) is 3.42. The third-order valence-electron chi connectivity index (χ3n) is 2.74. The number of hydrogen-bond acceptors (Lipinski definition) is 4. The summed E-state index contributed by atoms with van der Waals surface area (Å²) in [5, 5.41) is 16.3. The average Bonchev–Trinajstić information content (AvgIpc) is 2.98. The van der Waals surface area contributed by atoms with Crippen LogP contribution in [0.3, 0.4) is 0 Å². The van der Waals surface area contributed by atoms with Gasteiger partial charge < -0.3 is 15.2 Å². The number of amides is 1. The van der Waals surface area contributed by atoms with Gasteiger partial charge >= 0.3 is 0 Å². The summed E-state index contributed by atoms with van der Waals surface area (Å²) >= 11 is 1.47. The maximum atomic E-state index is 11.7. The maximum Gasteiger partial charge on any atom is 0.252 e. The summed E-state index contributed by atoms with van der Waals surface area (Å²) < 4.78 is 5.05. The molecule has 0 aliphatic rings. The number of nitrogens with one attached hydrogen (secondary N) is 1. The van der Waals surface area contributed by atoms with Crippen LogP contribution in [-0.2, 0) is 0 Å². The number of ether oxygens (including phenoxy) is 1. The normalized spacial score (nSPS) is 11.9. The summed E-state index contributed by atoms with van der Waals surface area (Å²) in [5.74, 6) is 0.562. The summed E-state index contributed by atoms with van der Waals surface area (Å²) in [4.78, 5) is 11.7. The number of aliphatic hydroxyl groups excluding tert-OH is 1. The Morgan fingerprint density at radius 2 is 2.11 bits per heavy atom. The molecule has 0 fully saturated rings. The van der Waals surface area contributed by atoms with Crippen molar-refractivity contribution in [3.63, 3.8) is 0 Å². The third kappa shape index (κ3) is 3.56. The van der Waals surface area contributed by atoms with E-state index in [0.29, 0.717) is 5.56 Å². The van der Waals surface area contributed by atoms with E-state index in [4.69, 9.17) is 4.74 Å². The van der Waals surface area contributed by atoms with Gasteiger partial charge in [0.1, 0.15) is 5.75 Å². The highest BCUT2D eigenvalue weighted by molar-refractivity contribution is 7.08. The molecule has 5 heteroatoms. The largest absolute Gasteiger partial charge is 0.497 e. The Kier molecular flexibility index (Phi) is 4.54. The molecule has 100 valence electrons. The van der Waals surface area contributed by atoms with Crippen LogP contribution in [0.15, 0.2) is 41.1 Å². The molecule has 1 aromatic carbocycles. The van der Waals surface area contributed by atoms with Crippen molar-refractivity contribution < 1.29 is 14.6 Å². The minimum Gasteiger partial charge on any atom is -0.497 e. The Hall–Kier alpha value is -1.85. The highest BCUT2D eigenvalue weighted by Crippen LogP contribution is 2.17. The summed E-state index contributed by atoms with van der Waals surface area (Å²) in [7, 11) is 1.59. The van der Waals surface area contributed by atoms with E-state index in [2.05, 4.69) is 5.32 Å². The van der Waals surface area contributed by atoms with Crippen LogP contribution in [0, 0.1) is 0 Å². The highest BCUT2D eigenvalue weighted by Gasteiger charge is 2.11. The van der Waals surface area contributed by atoms with E-state index in [1.165, 1.54) is 11.3 Å². The van der Waals surface area contributed by atoms with E-state index in [-0.39, 0.29) is 12.5 Å². The molecular formula is C14H15NO3S. The van der Waals surface area contributed by atoms with Crippen LogP contribution in [0.25, 0.3) is 0 Å². The lowest BCUT2D eigenvalue weighted by Gasteiger charge is -2.12. The molecule has 0 spiro atoms. The lowest BCUT2D eigenvalue weighted by Crippen LogP contribution is -2.27. The fourth-order valence-electron chi connectivity index (χ4n) is 1.63. The molecule has 0 aliphatic heterocycles. The Morgan fingerprint density at radius 1 is 1.37 bits per heavy atom. The van der Waals surface area contributed by atoms with Crippen LogP contribution in [0.5, 0.6) is 5.75 Å². The monoisotopic (exact) mass is 277 g/mol. The second-order valence-corrected chi connectivity index (χ2v) is 4.79. The number of methoxy groups -OCH3 is 1. The first-order valence-corrected chi connectivity index (χ1v) is 6.77. The van der Waals surface area contributed by atoms with Crippen LogP contribution >= 0.6 is 11.3 Å². The van der Waals surface area contributed by atoms with Crippen LogP contribution in [0.1, 0.15) is 22.0 Å². The first-order valence-electron chi connectivity index (χ1n) is 5.83. The van der Waals surface area contributed by atoms with E-state index in [0.717, 1.165) is 11.3 Å². The molecule has 2 N–H and O–H groups in total. The fourth-order valence-corrected chi connectivity index (χ4v) is 2.26. The maximum absolute atomic E-state index is 11.7. The molecule has 1 unspecified atom stereocenters. The number of hydrogen-bond donors (Lipinski definition) is 2. The van der Waals surface area contributed by atoms with Gasteiger partial charge in [0.25, 0.3) is 5.91 Å². The molecule has 1 aromatic heterocycles. The zero-order chi connectivity index (χ0) is 13.7. The van der Waals surface area contributed by atoms with E-state index in [1.54, 1.807) is 42.8 Å². The lowest BCUT2D eigenvalue weighted by atomic mass is 10.1. The second-order valence-electron chi connectivity index (χ2n) is 4.01. The van der Waals surface area contributed by atoms with Crippen molar-refractivity contribution in [2.24, 2.45) is 0 Å². The SMILES string of the molecule is COc1ccc(C(O)CNC(=O)c2ccsc2)cc1. The zero-order valence-electron chi connectivity index (χ0n) is 10.5. The number of benzene rings is 1. The van der Waals surface area contributed by atoms with Crippen molar-refractivity contribution in [3.8, 4) is 5.75 Å². The summed E-state index contributed by atoms with van der Waals surface area (Å²) in [5.41, 5.74) is 1.36. The fraction of sp³-hybridized carbons (Fsp3) is 0.214. The van der Waals surface area contributed by atoms with E-state index in [1.807, 2.05) is 5.38 Å². The first kappa shape index (κ1) is 13.6. The summed E-state index contributed by atoms with van der Waals surface area (Å²) in [6.07, 6.45) is -0.728. The highest BCUT2D eigenvalue weighted by atomic mass is 32.1. The van der Waals surface area contributed by atoms with Crippen molar-refractivity contribution in [2.75, 3.05) is 13.7 Å². The van der Waals surface area contributed by atoms with Crippen molar-refractivity contribution in [3.05, 3.63) is 52.2 Å². The molecule has 1 amide bonds. The molecule has 19 heavy (non-hydrogen) atoms. The number of thiophene rings is 1.